The van der Waals surface area contributed by atoms with Crippen LogP contribution in [0, 0.1) is 10.8 Å². The van der Waals surface area contributed by atoms with Crippen molar-refractivity contribution in [2.75, 3.05) is 19.8 Å². The van der Waals surface area contributed by atoms with Gasteiger partial charge in [-0.15, -0.1) is 0 Å². The normalized spacial score (nSPS) is 12.5. The van der Waals surface area contributed by atoms with Crippen molar-refractivity contribution < 1.29 is 9.47 Å². The van der Waals surface area contributed by atoms with E-state index in [0.29, 0.717) is 31.2 Å². The molecule has 0 bridgehead atoms. The summed E-state index contributed by atoms with van der Waals surface area (Å²) in [6, 6.07) is 0. The first-order chi connectivity index (χ1) is 6.02. The fourth-order valence-corrected chi connectivity index (χ4v) is 0.693. The Labute approximate surface area is 79.3 Å². The van der Waals surface area contributed by atoms with Crippen LogP contribution < -0.4 is 0 Å². The highest BCUT2D eigenvalue weighted by Crippen LogP contribution is 1.92. The predicted molar refractivity (Wildman–Crippen MR) is 53.0 cm³/mol. The lowest BCUT2D eigenvalue weighted by Crippen LogP contribution is -2.20. The molecule has 0 heterocycles. The van der Waals surface area contributed by atoms with Crippen LogP contribution in [-0.4, -0.2) is 37.3 Å². The predicted octanol–water partition coefficient (Wildman–Crippen LogP) is 1.49. The van der Waals surface area contributed by atoms with Crippen molar-refractivity contribution in [3.05, 3.63) is 0 Å². The maximum Gasteiger partial charge on any atom is 0.0843 e. The lowest BCUT2D eigenvalue weighted by molar-refractivity contribution is 0.0193. The maximum atomic E-state index is 7.13. The molecule has 1 atom stereocenters. The second-order valence-corrected chi connectivity index (χ2v) is 3.20. The van der Waals surface area contributed by atoms with Crippen LogP contribution in [0.2, 0.25) is 0 Å². The molecule has 0 aliphatic heterocycles. The van der Waals surface area contributed by atoms with Gasteiger partial charge in [-0.1, -0.05) is 0 Å². The summed E-state index contributed by atoms with van der Waals surface area (Å²) in [4.78, 5) is 0. The summed E-state index contributed by atoms with van der Waals surface area (Å²) < 4.78 is 10.4. The van der Waals surface area contributed by atoms with Crippen molar-refractivity contribution >= 4 is 11.4 Å². The Kier molecular flexibility index (Phi) is 6.36. The number of hydrogen-bond donors (Lipinski definition) is 2. The Balaban J connectivity index is 3.35. The minimum atomic E-state index is -0.0142. The Morgan fingerprint density at radius 3 is 2.15 bits per heavy atom. The summed E-state index contributed by atoms with van der Waals surface area (Å²) in [6.07, 6.45) is -0.0142. The van der Waals surface area contributed by atoms with Crippen molar-refractivity contribution in [2.24, 2.45) is 0 Å². The Morgan fingerprint density at radius 1 is 1.15 bits per heavy atom. The largest absolute Gasteiger partial charge is 0.373 e. The Bertz CT molecular complexity index is 180. The van der Waals surface area contributed by atoms with Crippen LogP contribution in [-0.2, 0) is 9.47 Å². The van der Waals surface area contributed by atoms with E-state index in [-0.39, 0.29) is 6.10 Å². The third-order valence-corrected chi connectivity index (χ3v) is 1.26. The molecule has 0 spiro atoms. The molecule has 4 nitrogen and oxygen atoms in total. The third kappa shape index (κ3) is 9.17. The molecule has 0 aromatic rings. The standard InChI is InChI=1S/C9H18N2O2/c1-7(10)4-12-6-9(3)13-5-8(2)11/h9-11H,4-6H2,1-3H3. The summed E-state index contributed by atoms with van der Waals surface area (Å²) in [5.41, 5.74) is 1.02. The zero-order valence-electron chi connectivity index (χ0n) is 8.52. The van der Waals surface area contributed by atoms with Gasteiger partial charge in [0.25, 0.3) is 0 Å². The van der Waals surface area contributed by atoms with E-state index in [0.717, 1.165) is 0 Å². The molecule has 0 radical (unpaired) electrons. The second kappa shape index (κ2) is 6.74. The van der Waals surface area contributed by atoms with Gasteiger partial charge in [0.1, 0.15) is 0 Å². The monoisotopic (exact) mass is 186 g/mol. The van der Waals surface area contributed by atoms with Crippen LogP contribution >= 0.6 is 0 Å². The first-order valence-electron chi connectivity index (χ1n) is 4.29. The molecule has 1 unspecified atom stereocenters. The van der Waals surface area contributed by atoms with Gasteiger partial charge in [-0.25, -0.2) is 0 Å². The summed E-state index contributed by atoms with van der Waals surface area (Å²) >= 11 is 0. The van der Waals surface area contributed by atoms with Crippen LogP contribution in [0.4, 0.5) is 0 Å². The lowest BCUT2D eigenvalue weighted by atomic mass is 10.4. The van der Waals surface area contributed by atoms with Gasteiger partial charge in [-0.2, -0.15) is 0 Å². The maximum absolute atomic E-state index is 7.13. The Hall–Kier alpha value is -0.740. The molecule has 0 aliphatic rings. The topological polar surface area (TPSA) is 66.2 Å². The molecule has 0 saturated carbocycles. The lowest BCUT2D eigenvalue weighted by Gasteiger charge is -2.12. The summed E-state index contributed by atoms with van der Waals surface area (Å²) in [7, 11) is 0. The van der Waals surface area contributed by atoms with Gasteiger partial charge in [-0.05, 0) is 20.8 Å². The fraction of sp³-hybridized carbons (Fsp3) is 0.778. The average Bonchev–Trinajstić information content (AvgIpc) is 2.00. The van der Waals surface area contributed by atoms with Crippen LogP contribution in [0.3, 0.4) is 0 Å². The first-order valence-corrected chi connectivity index (χ1v) is 4.29. The van der Waals surface area contributed by atoms with Crippen molar-refractivity contribution in [1.29, 1.82) is 10.8 Å². The summed E-state index contributed by atoms with van der Waals surface area (Å²) in [5, 5.41) is 14.2. The van der Waals surface area contributed by atoms with E-state index in [1.165, 1.54) is 0 Å². The quantitative estimate of drug-likeness (QED) is 0.591. The molecule has 0 rings (SSSR count). The average molecular weight is 186 g/mol. The SMILES string of the molecule is CC(=N)COCC(C)OCC(C)=N. The second-order valence-electron chi connectivity index (χ2n) is 3.20. The molecule has 4 heteroatoms. The van der Waals surface area contributed by atoms with Gasteiger partial charge in [-0.3, -0.25) is 0 Å². The molecule has 76 valence electrons. The van der Waals surface area contributed by atoms with E-state index in [1.54, 1.807) is 13.8 Å². The van der Waals surface area contributed by atoms with Crippen molar-refractivity contribution in [1.82, 2.24) is 0 Å². The molecular weight excluding hydrogens is 168 g/mol. The van der Waals surface area contributed by atoms with Crippen molar-refractivity contribution in [3.63, 3.8) is 0 Å². The van der Waals surface area contributed by atoms with Crippen LogP contribution in [0.15, 0.2) is 0 Å². The van der Waals surface area contributed by atoms with E-state index in [9.17, 15) is 0 Å². The minimum Gasteiger partial charge on any atom is -0.373 e. The summed E-state index contributed by atoms with van der Waals surface area (Å²) in [6.45, 7) is 6.49. The van der Waals surface area contributed by atoms with Gasteiger partial charge >= 0.3 is 0 Å². The fourth-order valence-electron chi connectivity index (χ4n) is 0.693. The molecule has 0 amide bonds. The van der Waals surface area contributed by atoms with E-state index in [1.807, 2.05) is 6.92 Å². The number of rotatable bonds is 7. The third-order valence-electron chi connectivity index (χ3n) is 1.26. The molecule has 0 aromatic carbocycles. The minimum absolute atomic E-state index is 0.0142. The smallest absolute Gasteiger partial charge is 0.0843 e. The van der Waals surface area contributed by atoms with Crippen LogP contribution in [0.1, 0.15) is 20.8 Å². The van der Waals surface area contributed by atoms with E-state index >= 15 is 0 Å². The molecular formula is C9H18N2O2. The van der Waals surface area contributed by atoms with Gasteiger partial charge in [0.05, 0.1) is 25.9 Å². The van der Waals surface area contributed by atoms with Gasteiger partial charge < -0.3 is 20.3 Å². The summed E-state index contributed by atoms with van der Waals surface area (Å²) in [5.74, 6) is 0. The molecule has 0 saturated heterocycles. The highest BCUT2D eigenvalue weighted by Gasteiger charge is 2.02. The van der Waals surface area contributed by atoms with Gasteiger partial charge in [0.15, 0.2) is 0 Å². The number of hydrogen-bond acceptors (Lipinski definition) is 4. The van der Waals surface area contributed by atoms with E-state index in [2.05, 4.69) is 0 Å². The molecule has 0 aliphatic carbocycles. The Morgan fingerprint density at radius 2 is 1.69 bits per heavy atom. The van der Waals surface area contributed by atoms with Crippen molar-refractivity contribution in [2.45, 2.75) is 26.9 Å². The van der Waals surface area contributed by atoms with Gasteiger partial charge in [0, 0.05) is 11.4 Å². The highest BCUT2D eigenvalue weighted by atomic mass is 16.5. The molecule has 0 fully saturated rings. The van der Waals surface area contributed by atoms with E-state index in [4.69, 9.17) is 20.3 Å². The molecule has 2 N–H and O–H groups in total. The molecule has 0 aromatic heterocycles. The van der Waals surface area contributed by atoms with Crippen molar-refractivity contribution in [3.8, 4) is 0 Å². The zero-order valence-corrected chi connectivity index (χ0v) is 8.52. The zero-order chi connectivity index (χ0) is 10.3. The first kappa shape index (κ1) is 12.3. The van der Waals surface area contributed by atoms with E-state index < -0.39 is 0 Å². The number of nitrogens with one attached hydrogen (secondary N) is 2. The van der Waals surface area contributed by atoms with Crippen LogP contribution in [0.25, 0.3) is 0 Å². The van der Waals surface area contributed by atoms with Crippen LogP contribution in [0.5, 0.6) is 0 Å². The number of ether oxygens (including phenoxy) is 2. The van der Waals surface area contributed by atoms with Gasteiger partial charge in [0.2, 0.25) is 0 Å². The highest BCUT2D eigenvalue weighted by molar-refractivity contribution is 5.80. The molecule has 13 heavy (non-hydrogen) atoms.